The molecule has 2 amide bonds. The monoisotopic (exact) mass is 596 g/mol. The van der Waals surface area contributed by atoms with Gasteiger partial charge in [-0.25, -0.2) is 28.5 Å². The van der Waals surface area contributed by atoms with Crippen molar-refractivity contribution in [3.05, 3.63) is 34.8 Å². The third kappa shape index (κ3) is 4.57. The molecular weight excluding hydrogens is 566 g/mol. The van der Waals surface area contributed by atoms with Gasteiger partial charge in [-0.05, 0) is 29.9 Å². The van der Waals surface area contributed by atoms with Crippen LogP contribution in [0.3, 0.4) is 0 Å². The van der Waals surface area contributed by atoms with Crippen molar-refractivity contribution in [1.82, 2.24) is 30.2 Å². The SMILES string of the molecule is O=C1COc2ncc(N3CC4(CCN(CC5Cc6c(c(F)c7[nH]c([C@@H]8COCCN8)nc7c6F)C5)CC4)OC3=O)nc2N1. The zero-order chi connectivity index (χ0) is 29.3. The standard InChI is InChI=1S/C28H30F2N8O5/c29-20-15-7-14(8-16(15)21(30)23-22(20)35-24(36-23)17-11-41-6-3-31-17)10-37-4-1-28(2-5-37)13-38(27(40)43-28)18-9-32-26-25(33-18)34-19(39)12-42-26/h9,14,17,31H,1-8,10-13H2,(H,35,36)(H,33,34,39)/t17-/m0/s1. The van der Waals surface area contributed by atoms with Crippen LogP contribution >= 0.6 is 0 Å². The average Bonchev–Trinajstić information content (AvgIpc) is 3.74. The van der Waals surface area contributed by atoms with Gasteiger partial charge in [0, 0.05) is 39.0 Å². The van der Waals surface area contributed by atoms with Crippen molar-refractivity contribution in [2.75, 3.05) is 62.8 Å². The molecule has 226 valence electrons. The van der Waals surface area contributed by atoms with Crippen LogP contribution in [-0.4, -0.2) is 95.0 Å². The molecular formula is C28H30F2N8O5. The van der Waals surface area contributed by atoms with E-state index >= 15 is 8.78 Å². The number of ether oxygens (including phenoxy) is 3. The minimum Gasteiger partial charge on any atom is -0.465 e. The maximum atomic E-state index is 15.6. The number of piperidine rings is 1. The Balaban J connectivity index is 0.914. The van der Waals surface area contributed by atoms with Crippen LogP contribution in [0.5, 0.6) is 5.88 Å². The first-order valence-corrected chi connectivity index (χ1v) is 14.6. The van der Waals surface area contributed by atoms with E-state index in [4.69, 9.17) is 14.2 Å². The lowest BCUT2D eigenvalue weighted by Crippen LogP contribution is -2.48. The Bertz CT molecular complexity index is 1590. The molecule has 1 aromatic carbocycles. The second-order valence-corrected chi connectivity index (χ2v) is 11.9. The second kappa shape index (κ2) is 10.1. The van der Waals surface area contributed by atoms with E-state index < -0.39 is 23.3 Å². The highest BCUT2D eigenvalue weighted by atomic mass is 19.1. The minimum atomic E-state index is -0.664. The summed E-state index contributed by atoms with van der Waals surface area (Å²) in [5.41, 5.74) is 0.347. The number of benzene rings is 1. The third-order valence-electron chi connectivity index (χ3n) is 9.14. The summed E-state index contributed by atoms with van der Waals surface area (Å²) in [6.45, 7) is 3.89. The predicted molar refractivity (Wildman–Crippen MR) is 147 cm³/mol. The van der Waals surface area contributed by atoms with E-state index in [0.29, 0.717) is 88.6 Å². The summed E-state index contributed by atoms with van der Waals surface area (Å²) >= 11 is 0. The molecule has 4 aliphatic heterocycles. The molecule has 6 heterocycles. The van der Waals surface area contributed by atoms with Crippen LogP contribution in [-0.2, 0) is 27.1 Å². The van der Waals surface area contributed by atoms with Gasteiger partial charge in [0.25, 0.3) is 11.8 Å². The fourth-order valence-corrected chi connectivity index (χ4v) is 6.93. The molecule has 5 aliphatic rings. The molecule has 3 saturated heterocycles. The van der Waals surface area contributed by atoms with Crippen LogP contribution in [0.4, 0.5) is 25.2 Å². The van der Waals surface area contributed by atoms with Gasteiger partial charge in [0.05, 0.1) is 32.0 Å². The number of amides is 2. The number of aromatic amines is 1. The van der Waals surface area contributed by atoms with Crippen molar-refractivity contribution in [3.63, 3.8) is 0 Å². The van der Waals surface area contributed by atoms with Gasteiger partial charge in [-0.3, -0.25) is 9.69 Å². The topological polar surface area (TPSA) is 147 Å². The summed E-state index contributed by atoms with van der Waals surface area (Å²) in [5.74, 6) is 0.0108. The lowest BCUT2D eigenvalue weighted by Gasteiger charge is -2.38. The summed E-state index contributed by atoms with van der Waals surface area (Å²) in [6.07, 6.45) is 3.05. The maximum absolute atomic E-state index is 15.6. The molecule has 1 spiro atoms. The van der Waals surface area contributed by atoms with E-state index in [1.54, 1.807) is 0 Å². The molecule has 3 fully saturated rings. The molecule has 0 bridgehead atoms. The van der Waals surface area contributed by atoms with E-state index in [-0.39, 0.29) is 53.0 Å². The number of anilines is 2. The summed E-state index contributed by atoms with van der Waals surface area (Å²) in [4.78, 5) is 44.2. The number of nitrogens with zero attached hydrogens (tertiary/aromatic N) is 5. The lowest BCUT2D eigenvalue weighted by atomic mass is 9.90. The molecule has 1 aliphatic carbocycles. The molecule has 3 aromatic rings. The van der Waals surface area contributed by atoms with Crippen molar-refractivity contribution in [1.29, 1.82) is 0 Å². The summed E-state index contributed by atoms with van der Waals surface area (Å²) in [5, 5.41) is 5.87. The molecule has 13 nitrogen and oxygen atoms in total. The Hall–Kier alpha value is -3.95. The normalized spacial score (nSPS) is 23.8. The number of carbonyl (C=O) groups is 2. The Morgan fingerprint density at radius 2 is 1.91 bits per heavy atom. The van der Waals surface area contributed by atoms with Gasteiger partial charge in [-0.2, -0.15) is 0 Å². The van der Waals surface area contributed by atoms with Crippen molar-refractivity contribution in [2.24, 2.45) is 5.92 Å². The molecule has 8 rings (SSSR count). The maximum Gasteiger partial charge on any atom is 0.416 e. The van der Waals surface area contributed by atoms with Crippen LogP contribution in [0.25, 0.3) is 11.0 Å². The van der Waals surface area contributed by atoms with Crippen molar-refractivity contribution in [3.8, 4) is 5.88 Å². The van der Waals surface area contributed by atoms with Crippen molar-refractivity contribution in [2.45, 2.75) is 37.3 Å². The van der Waals surface area contributed by atoms with E-state index in [1.165, 1.54) is 11.1 Å². The number of rotatable bonds is 4. The fourth-order valence-electron chi connectivity index (χ4n) is 6.93. The van der Waals surface area contributed by atoms with Crippen LogP contribution in [0.1, 0.15) is 35.8 Å². The van der Waals surface area contributed by atoms with Crippen LogP contribution in [0, 0.1) is 17.6 Å². The number of likely N-dealkylation sites (tertiary alicyclic amines) is 1. The zero-order valence-corrected chi connectivity index (χ0v) is 23.3. The zero-order valence-electron chi connectivity index (χ0n) is 23.3. The average molecular weight is 597 g/mol. The first-order valence-electron chi connectivity index (χ1n) is 14.6. The highest BCUT2D eigenvalue weighted by Gasteiger charge is 2.48. The number of hydrogen-bond acceptors (Lipinski definition) is 10. The van der Waals surface area contributed by atoms with Gasteiger partial charge in [0.1, 0.15) is 22.5 Å². The van der Waals surface area contributed by atoms with E-state index in [9.17, 15) is 9.59 Å². The van der Waals surface area contributed by atoms with Gasteiger partial charge < -0.3 is 34.7 Å². The van der Waals surface area contributed by atoms with Gasteiger partial charge in [0.2, 0.25) is 0 Å². The Morgan fingerprint density at radius 1 is 1.09 bits per heavy atom. The van der Waals surface area contributed by atoms with Crippen molar-refractivity contribution < 1.29 is 32.6 Å². The number of hydrogen-bond donors (Lipinski definition) is 3. The Kier molecular flexibility index (Phi) is 6.24. The largest absolute Gasteiger partial charge is 0.465 e. The van der Waals surface area contributed by atoms with Crippen LogP contribution < -0.4 is 20.3 Å². The molecule has 2 aromatic heterocycles. The lowest BCUT2D eigenvalue weighted by molar-refractivity contribution is -0.118. The summed E-state index contributed by atoms with van der Waals surface area (Å²) in [6, 6.07) is -0.223. The Morgan fingerprint density at radius 3 is 2.70 bits per heavy atom. The van der Waals surface area contributed by atoms with Gasteiger partial charge >= 0.3 is 6.09 Å². The first-order chi connectivity index (χ1) is 20.9. The summed E-state index contributed by atoms with van der Waals surface area (Å²) in [7, 11) is 0. The fraction of sp³-hybridized carbons (Fsp3) is 0.536. The highest BCUT2D eigenvalue weighted by Crippen LogP contribution is 2.39. The number of imidazole rings is 1. The molecule has 0 saturated carbocycles. The Labute approximate surface area is 244 Å². The van der Waals surface area contributed by atoms with Crippen LogP contribution in [0.2, 0.25) is 0 Å². The smallest absolute Gasteiger partial charge is 0.416 e. The molecule has 2 atom stereocenters. The first kappa shape index (κ1) is 26.7. The number of carbonyl (C=O) groups excluding carboxylic acids is 2. The second-order valence-electron chi connectivity index (χ2n) is 11.9. The number of H-pyrrole nitrogens is 1. The van der Waals surface area contributed by atoms with E-state index in [2.05, 4.69) is 35.5 Å². The van der Waals surface area contributed by atoms with Crippen LogP contribution in [0.15, 0.2) is 6.20 Å². The molecule has 15 heteroatoms. The molecule has 43 heavy (non-hydrogen) atoms. The van der Waals surface area contributed by atoms with E-state index in [1.807, 2.05) is 0 Å². The van der Waals surface area contributed by atoms with Gasteiger partial charge in [0.15, 0.2) is 29.9 Å². The number of aromatic nitrogens is 4. The molecule has 1 unspecified atom stereocenters. The highest BCUT2D eigenvalue weighted by molar-refractivity contribution is 5.95. The summed E-state index contributed by atoms with van der Waals surface area (Å²) < 4.78 is 47.8. The van der Waals surface area contributed by atoms with Gasteiger partial charge in [-0.15, -0.1) is 0 Å². The minimum absolute atomic E-state index is 0.0466. The number of halogens is 2. The molecule has 3 N–H and O–H groups in total. The quantitative estimate of drug-likeness (QED) is 0.408. The predicted octanol–water partition coefficient (Wildman–Crippen LogP) is 1.83. The number of morpholine rings is 1. The van der Waals surface area contributed by atoms with Gasteiger partial charge in [-0.1, -0.05) is 0 Å². The third-order valence-corrected chi connectivity index (χ3v) is 9.14. The number of nitrogens with one attached hydrogen (secondary N) is 3. The van der Waals surface area contributed by atoms with Crippen molar-refractivity contribution >= 4 is 34.7 Å². The number of fused-ring (bicyclic) bond motifs is 3. The molecule has 0 radical (unpaired) electrons. The van der Waals surface area contributed by atoms with E-state index in [0.717, 1.165) is 0 Å².